The maximum Gasteiger partial charge on any atom is 0.234 e. The van der Waals surface area contributed by atoms with Crippen LogP contribution in [0, 0.1) is 5.92 Å². The summed E-state index contributed by atoms with van der Waals surface area (Å²) in [6.07, 6.45) is 3.87. The van der Waals surface area contributed by atoms with E-state index in [0.29, 0.717) is 24.9 Å². The number of amides is 2. The number of hydrogen-bond donors (Lipinski definition) is 2. The highest BCUT2D eigenvalue weighted by molar-refractivity contribution is 8.00. The summed E-state index contributed by atoms with van der Waals surface area (Å²) in [7, 11) is 1.63. The van der Waals surface area contributed by atoms with E-state index in [2.05, 4.69) is 245 Å². The SMILES string of the molecule is COCNC(=O)[C@H]1[C@@H](c2ccc3ccccc3c2)CC2CC[C@H]1N2CCCN(CCSC(c1ccccc1)(c1ccccc1)c1ccccc1)CC(=O)NCCSC(c1ccccc1)(c1ccccc1)c1ccccc1. The monoisotopic (exact) mass is 1040 g/mol. The predicted octanol–water partition coefficient (Wildman–Crippen LogP) is 12.8. The molecule has 7 nitrogen and oxygen atoms in total. The third-order valence-corrected chi connectivity index (χ3v) is 18.8. The van der Waals surface area contributed by atoms with Gasteiger partial charge in [-0.05, 0) is 94.4 Å². The summed E-state index contributed by atoms with van der Waals surface area (Å²) in [6, 6.07) is 80.6. The summed E-state index contributed by atoms with van der Waals surface area (Å²) in [6.45, 7) is 3.35. The molecule has 0 aromatic heterocycles. The summed E-state index contributed by atoms with van der Waals surface area (Å²) < 4.78 is 4.44. The van der Waals surface area contributed by atoms with Crippen molar-refractivity contribution in [1.82, 2.24) is 20.4 Å². The van der Waals surface area contributed by atoms with E-state index in [1.165, 1.54) is 49.7 Å². The van der Waals surface area contributed by atoms with Crippen molar-refractivity contribution in [2.24, 2.45) is 5.92 Å². The molecule has 2 heterocycles. The van der Waals surface area contributed by atoms with Gasteiger partial charge in [-0.3, -0.25) is 19.4 Å². The molecule has 2 aliphatic rings. The molecule has 2 amide bonds. The molecule has 0 aliphatic carbocycles. The minimum absolute atomic E-state index is 0.0296. The van der Waals surface area contributed by atoms with Crippen LogP contribution < -0.4 is 10.6 Å². The number of hydrogen-bond acceptors (Lipinski definition) is 7. The third kappa shape index (κ3) is 11.7. The first-order valence-electron chi connectivity index (χ1n) is 27.1. The fraction of sp³-hybridized carbons (Fsp3) is 0.284. The van der Waals surface area contributed by atoms with Gasteiger partial charge in [-0.2, -0.15) is 0 Å². The van der Waals surface area contributed by atoms with Gasteiger partial charge in [0.15, 0.2) is 0 Å². The number of carbonyl (C=O) groups excluding carboxylic acids is 2. The van der Waals surface area contributed by atoms with Crippen molar-refractivity contribution < 1.29 is 14.3 Å². The minimum Gasteiger partial charge on any atom is -0.364 e. The van der Waals surface area contributed by atoms with E-state index >= 15 is 0 Å². The van der Waals surface area contributed by atoms with Crippen LogP contribution in [-0.4, -0.2) is 91.8 Å². The first kappa shape index (κ1) is 53.0. The fourth-order valence-corrected chi connectivity index (χ4v) is 15.3. The second kappa shape index (κ2) is 25.6. The Bertz CT molecular complexity index is 2890. The van der Waals surface area contributed by atoms with Crippen LogP contribution in [0.25, 0.3) is 10.8 Å². The number of rotatable bonds is 24. The molecule has 76 heavy (non-hydrogen) atoms. The van der Waals surface area contributed by atoms with E-state index in [-0.39, 0.29) is 36.4 Å². The van der Waals surface area contributed by atoms with Crippen LogP contribution in [-0.2, 0) is 23.8 Å². The standard InChI is InChI=1S/C67H70N4O3S2/c1-74-50-69-65(73)64-61(53-38-37-51-23-20-21-24-52(51)47-53)48-60-39-40-62(64)71(60)43-22-42-70(44-46-76-67(57-31-14-5-15-32-57,58-33-16-6-17-34-58)59-35-18-7-19-36-59)49-63(72)68-41-45-75-66(54-25-8-2-9-26-54,55-27-10-3-11-28-55)56-29-12-4-13-30-56/h2-21,23-38,47,60-62,64H,22,39-46,48-50H2,1H3,(H,68,72)(H,69,73)/t60?,61-,62-,64+/m1/s1. The molecule has 4 atom stereocenters. The molecule has 1 unspecified atom stereocenters. The second-order valence-corrected chi connectivity index (χ2v) is 22.8. The van der Waals surface area contributed by atoms with Gasteiger partial charge >= 0.3 is 0 Å². The van der Waals surface area contributed by atoms with Gasteiger partial charge in [-0.15, -0.1) is 23.5 Å². The highest BCUT2D eigenvalue weighted by Crippen LogP contribution is 2.51. The smallest absolute Gasteiger partial charge is 0.234 e. The van der Waals surface area contributed by atoms with E-state index in [1.807, 2.05) is 23.5 Å². The maximum atomic E-state index is 14.4. The Balaban J connectivity index is 0.880. The molecule has 10 rings (SSSR count). The van der Waals surface area contributed by atoms with Crippen LogP contribution in [0.3, 0.4) is 0 Å². The molecule has 0 saturated carbocycles. The molecular weight excluding hydrogens is 973 g/mol. The summed E-state index contributed by atoms with van der Waals surface area (Å²) in [5, 5.41) is 8.92. The molecule has 9 heteroatoms. The fourth-order valence-electron chi connectivity index (χ4n) is 12.3. The zero-order valence-electron chi connectivity index (χ0n) is 43.6. The number of thioether (sulfide) groups is 2. The van der Waals surface area contributed by atoms with Crippen LogP contribution in [0.15, 0.2) is 224 Å². The molecule has 2 fully saturated rings. The normalized spacial score (nSPS) is 17.7. The van der Waals surface area contributed by atoms with Crippen LogP contribution in [0.2, 0.25) is 0 Å². The summed E-state index contributed by atoms with van der Waals surface area (Å²) in [5.74, 6) is 1.52. The van der Waals surface area contributed by atoms with E-state index in [4.69, 9.17) is 4.74 Å². The van der Waals surface area contributed by atoms with Crippen LogP contribution >= 0.6 is 23.5 Å². The largest absolute Gasteiger partial charge is 0.364 e. The number of methoxy groups -OCH3 is 1. The Labute approximate surface area is 458 Å². The van der Waals surface area contributed by atoms with Gasteiger partial charge in [0.2, 0.25) is 11.8 Å². The molecule has 8 aromatic rings. The van der Waals surface area contributed by atoms with E-state index in [9.17, 15) is 9.59 Å². The summed E-state index contributed by atoms with van der Waals surface area (Å²) in [4.78, 5) is 33.7. The number of ether oxygens (including phenoxy) is 1. The van der Waals surface area contributed by atoms with E-state index in [1.54, 1.807) is 7.11 Å². The Morgan fingerprint density at radius 2 is 1.04 bits per heavy atom. The van der Waals surface area contributed by atoms with Gasteiger partial charge in [0.1, 0.15) is 6.73 Å². The molecule has 0 spiro atoms. The average molecular weight is 1040 g/mol. The van der Waals surface area contributed by atoms with Crippen LogP contribution in [0.4, 0.5) is 0 Å². The molecule has 2 bridgehead atoms. The van der Waals surface area contributed by atoms with E-state index < -0.39 is 9.49 Å². The first-order valence-corrected chi connectivity index (χ1v) is 29.1. The van der Waals surface area contributed by atoms with Crippen molar-refractivity contribution in [3.8, 4) is 0 Å². The number of nitrogens with one attached hydrogen (secondary N) is 2. The zero-order valence-corrected chi connectivity index (χ0v) is 45.2. The zero-order chi connectivity index (χ0) is 52.0. The third-order valence-electron chi connectivity index (χ3n) is 15.8. The molecule has 0 radical (unpaired) electrons. The van der Waals surface area contributed by atoms with Crippen molar-refractivity contribution in [3.05, 3.63) is 263 Å². The first-order chi connectivity index (χ1) is 37.5. The number of piperidine rings is 1. The van der Waals surface area contributed by atoms with Gasteiger partial charge < -0.3 is 15.4 Å². The lowest BCUT2D eigenvalue weighted by Crippen LogP contribution is -2.53. The Morgan fingerprint density at radius 1 is 0.566 bits per heavy atom. The quantitative estimate of drug-likeness (QED) is 0.0355. The molecular formula is C67H70N4O3S2. The summed E-state index contributed by atoms with van der Waals surface area (Å²) >= 11 is 3.81. The van der Waals surface area contributed by atoms with Crippen molar-refractivity contribution >= 4 is 46.1 Å². The van der Waals surface area contributed by atoms with Crippen molar-refractivity contribution in [3.63, 3.8) is 0 Å². The lowest BCUT2D eigenvalue weighted by atomic mass is 9.75. The maximum absolute atomic E-state index is 14.4. The van der Waals surface area contributed by atoms with Gasteiger partial charge in [0.25, 0.3) is 0 Å². The average Bonchev–Trinajstić information content (AvgIpc) is 3.76. The molecule has 8 aromatic carbocycles. The van der Waals surface area contributed by atoms with Crippen molar-refractivity contribution in [1.29, 1.82) is 0 Å². The number of benzene rings is 8. The van der Waals surface area contributed by atoms with Gasteiger partial charge in [-0.25, -0.2) is 0 Å². The number of fused-ring (bicyclic) bond motifs is 3. The lowest BCUT2D eigenvalue weighted by Gasteiger charge is -2.44. The highest BCUT2D eigenvalue weighted by Gasteiger charge is 2.50. The lowest BCUT2D eigenvalue weighted by molar-refractivity contribution is -0.131. The topological polar surface area (TPSA) is 73.9 Å². The highest BCUT2D eigenvalue weighted by atomic mass is 32.2. The number of carbonyl (C=O) groups is 2. The van der Waals surface area contributed by atoms with Crippen molar-refractivity contribution in [2.45, 2.75) is 53.2 Å². The Kier molecular flexibility index (Phi) is 17.8. The molecule has 2 N–H and O–H groups in total. The molecule has 2 saturated heterocycles. The van der Waals surface area contributed by atoms with Gasteiger partial charge in [0.05, 0.1) is 22.0 Å². The predicted molar refractivity (Wildman–Crippen MR) is 316 cm³/mol. The Hall–Kier alpha value is -6.46. The molecule has 2 aliphatic heterocycles. The van der Waals surface area contributed by atoms with Crippen LogP contribution in [0.5, 0.6) is 0 Å². The van der Waals surface area contributed by atoms with Gasteiger partial charge in [-0.1, -0.05) is 224 Å². The Morgan fingerprint density at radius 3 is 1.54 bits per heavy atom. The van der Waals surface area contributed by atoms with Crippen molar-refractivity contribution in [2.75, 3.05) is 58.1 Å². The molecule has 388 valence electrons. The number of nitrogens with zero attached hydrogens (tertiary/aromatic N) is 2. The van der Waals surface area contributed by atoms with Gasteiger partial charge in [0, 0.05) is 43.8 Å². The minimum atomic E-state index is -0.468. The van der Waals surface area contributed by atoms with E-state index in [0.717, 1.165) is 51.1 Å². The second-order valence-electron chi connectivity index (χ2n) is 20.2. The summed E-state index contributed by atoms with van der Waals surface area (Å²) in [5.41, 5.74) is 8.54. The van der Waals surface area contributed by atoms with Crippen LogP contribution in [0.1, 0.15) is 70.5 Å².